The lowest BCUT2D eigenvalue weighted by atomic mass is 10.2. The summed E-state index contributed by atoms with van der Waals surface area (Å²) in [6, 6.07) is 0.492. The molecule has 0 aromatic rings. The highest BCUT2D eigenvalue weighted by molar-refractivity contribution is 8.03. The Morgan fingerprint density at radius 2 is 2.45 bits per heavy atom. The molecule has 11 heavy (non-hydrogen) atoms. The number of hydrogen-bond acceptors (Lipinski definition) is 2. The van der Waals surface area contributed by atoms with Crippen LogP contribution in [0.1, 0.15) is 20.3 Å². The molecule has 0 aromatic carbocycles. The third-order valence-corrected chi connectivity index (χ3v) is 2.84. The zero-order chi connectivity index (χ0) is 8.27. The van der Waals surface area contributed by atoms with Gasteiger partial charge in [0, 0.05) is 6.04 Å². The van der Waals surface area contributed by atoms with Gasteiger partial charge < -0.3 is 0 Å². The van der Waals surface area contributed by atoms with Gasteiger partial charge in [-0.3, -0.25) is 5.32 Å². The first kappa shape index (κ1) is 8.88. The smallest absolute Gasteiger partial charge is 0.0553 e. The maximum atomic E-state index is 4.01. The second kappa shape index (κ2) is 3.98. The predicted octanol–water partition coefficient (Wildman–Crippen LogP) is 2.52. The van der Waals surface area contributed by atoms with Gasteiger partial charge in [0.2, 0.25) is 0 Å². The van der Waals surface area contributed by atoms with Gasteiger partial charge in [-0.1, -0.05) is 18.7 Å². The normalized spacial score (nSPS) is 32.0. The minimum absolute atomic E-state index is 0.492. The minimum atomic E-state index is 0.492. The first-order valence-electron chi connectivity index (χ1n) is 3.96. The summed E-state index contributed by atoms with van der Waals surface area (Å²) in [7, 11) is 0. The van der Waals surface area contributed by atoms with Crippen LogP contribution in [0.3, 0.4) is 0 Å². The molecule has 0 amide bonds. The van der Waals surface area contributed by atoms with Crippen molar-refractivity contribution >= 4 is 11.8 Å². The van der Waals surface area contributed by atoms with Crippen LogP contribution in [0.5, 0.6) is 0 Å². The number of hydrogen-bond donors (Lipinski definition) is 1. The maximum Gasteiger partial charge on any atom is 0.0553 e. The second-order valence-corrected chi connectivity index (χ2v) is 4.22. The van der Waals surface area contributed by atoms with Gasteiger partial charge in [0.1, 0.15) is 0 Å². The standard InChI is InChI=1S/C9H15NS/c1-4-5-6-9-7(2)11-8(3)10-9/h4-5,8-10H,2,6H2,1,3H3/b5-4-/t8?,9-/m1/s1. The molecule has 62 valence electrons. The molecule has 0 saturated carbocycles. The summed E-state index contributed by atoms with van der Waals surface area (Å²) in [5, 5.41) is 3.99. The Morgan fingerprint density at radius 1 is 1.73 bits per heavy atom. The van der Waals surface area contributed by atoms with Gasteiger partial charge in [0.25, 0.3) is 0 Å². The molecule has 1 N–H and O–H groups in total. The summed E-state index contributed by atoms with van der Waals surface area (Å²) in [5.74, 6) is 0. The third-order valence-electron chi connectivity index (χ3n) is 1.76. The fraction of sp³-hybridized carbons (Fsp3) is 0.556. The van der Waals surface area contributed by atoms with Crippen molar-refractivity contribution in [3.8, 4) is 0 Å². The zero-order valence-corrected chi connectivity index (χ0v) is 7.95. The van der Waals surface area contributed by atoms with E-state index >= 15 is 0 Å². The van der Waals surface area contributed by atoms with Crippen LogP contribution >= 0.6 is 11.8 Å². The lowest BCUT2D eigenvalue weighted by Gasteiger charge is -2.07. The fourth-order valence-corrected chi connectivity index (χ4v) is 2.21. The first-order chi connectivity index (χ1) is 5.24. The predicted molar refractivity (Wildman–Crippen MR) is 52.5 cm³/mol. The largest absolute Gasteiger partial charge is 0.298 e. The molecule has 0 aromatic heterocycles. The molecule has 1 fully saturated rings. The minimum Gasteiger partial charge on any atom is -0.298 e. The van der Waals surface area contributed by atoms with Gasteiger partial charge in [-0.25, -0.2) is 0 Å². The molecule has 1 aliphatic rings. The molecule has 1 aliphatic heterocycles. The van der Waals surface area contributed by atoms with Gasteiger partial charge in [0.15, 0.2) is 0 Å². The van der Waals surface area contributed by atoms with Crippen molar-refractivity contribution in [1.29, 1.82) is 0 Å². The van der Waals surface area contributed by atoms with Crippen LogP contribution in [0.2, 0.25) is 0 Å². The molecule has 1 unspecified atom stereocenters. The molecule has 0 aliphatic carbocycles. The Morgan fingerprint density at radius 3 is 2.91 bits per heavy atom. The summed E-state index contributed by atoms with van der Waals surface area (Å²) in [5.41, 5.74) is 0. The highest BCUT2D eigenvalue weighted by Crippen LogP contribution is 2.30. The second-order valence-electron chi connectivity index (χ2n) is 2.75. The van der Waals surface area contributed by atoms with Crippen molar-refractivity contribution in [2.45, 2.75) is 31.7 Å². The number of rotatable bonds is 2. The van der Waals surface area contributed by atoms with Crippen molar-refractivity contribution in [3.05, 3.63) is 23.6 Å². The van der Waals surface area contributed by atoms with E-state index in [0.29, 0.717) is 11.4 Å². The summed E-state index contributed by atoms with van der Waals surface area (Å²) in [4.78, 5) is 1.27. The van der Waals surface area contributed by atoms with Crippen LogP contribution in [0, 0.1) is 0 Å². The van der Waals surface area contributed by atoms with E-state index in [1.165, 1.54) is 4.91 Å². The molecule has 1 rings (SSSR count). The van der Waals surface area contributed by atoms with Crippen LogP contribution in [0.4, 0.5) is 0 Å². The van der Waals surface area contributed by atoms with Crippen molar-refractivity contribution in [1.82, 2.24) is 5.32 Å². The Kier molecular flexibility index (Phi) is 3.21. The maximum absolute atomic E-state index is 4.01. The summed E-state index contributed by atoms with van der Waals surface area (Å²) in [6.07, 6.45) is 5.34. The van der Waals surface area contributed by atoms with Crippen molar-refractivity contribution < 1.29 is 0 Å². The van der Waals surface area contributed by atoms with Crippen molar-refractivity contribution in [2.24, 2.45) is 0 Å². The van der Waals surface area contributed by atoms with Gasteiger partial charge in [0.05, 0.1) is 5.37 Å². The third kappa shape index (κ3) is 2.38. The highest BCUT2D eigenvalue weighted by atomic mass is 32.2. The molecule has 0 radical (unpaired) electrons. The highest BCUT2D eigenvalue weighted by Gasteiger charge is 2.22. The van der Waals surface area contributed by atoms with Crippen LogP contribution in [-0.2, 0) is 0 Å². The Labute approximate surface area is 72.9 Å². The lowest BCUT2D eigenvalue weighted by molar-refractivity contribution is 0.614. The molecule has 2 heteroatoms. The topological polar surface area (TPSA) is 12.0 Å². The van der Waals surface area contributed by atoms with E-state index in [1.54, 1.807) is 0 Å². The van der Waals surface area contributed by atoms with Crippen molar-refractivity contribution in [3.63, 3.8) is 0 Å². The van der Waals surface area contributed by atoms with Gasteiger partial charge in [-0.15, -0.1) is 11.8 Å². The van der Waals surface area contributed by atoms with Gasteiger partial charge in [-0.2, -0.15) is 0 Å². The van der Waals surface area contributed by atoms with Gasteiger partial charge >= 0.3 is 0 Å². The van der Waals surface area contributed by atoms with Crippen LogP contribution in [-0.4, -0.2) is 11.4 Å². The average Bonchev–Trinajstić information content (AvgIpc) is 2.26. The molecule has 1 saturated heterocycles. The lowest BCUT2D eigenvalue weighted by Crippen LogP contribution is -2.26. The van der Waals surface area contributed by atoms with Crippen LogP contribution in [0.15, 0.2) is 23.6 Å². The van der Waals surface area contributed by atoms with Crippen LogP contribution < -0.4 is 5.32 Å². The van der Waals surface area contributed by atoms with E-state index in [1.807, 2.05) is 18.7 Å². The Balaban J connectivity index is 2.40. The Hall–Kier alpha value is -0.210. The van der Waals surface area contributed by atoms with E-state index in [2.05, 4.69) is 31.0 Å². The first-order valence-corrected chi connectivity index (χ1v) is 4.84. The summed E-state index contributed by atoms with van der Waals surface area (Å²) in [6.45, 7) is 8.23. The number of nitrogens with one attached hydrogen (secondary N) is 1. The van der Waals surface area contributed by atoms with Gasteiger partial charge in [-0.05, 0) is 25.2 Å². The number of thioether (sulfide) groups is 1. The van der Waals surface area contributed by atoms with E-state index < -0.39 is 0 Å². The number of allylic oxidation sites excluding steroid dienone is 1. The van der Waals surface area contributed by atoms with E-state index in [4.69, 9.17) is 0 Å². The average molecular weight is 169 g/mol. The molecule has 2 atom stereocenters. The molecule has 0 spiro atoms. The van der Waals surface area contributed by atoms with Crippen LogP contribution in [0.25, 0.3) is 0 Å². The molecular formula is C9H15NS. The fourth-order valence-electron chi connectivity index (χ4n) is 1.19. The van der Waals surface area contributed by atoms with Crippen molar-refractivity contribution in [2.75, 3.05) is 0 Å². The van der Waals surface area contributed by atoms with E-state index in [0.717, 1.165) is 6.42 Å². The molecule has 0 bridgehead atoms. The quantitative estimate of drug-likeness (QED) is 0.637. The monoisotopic (exact) mass is 169 g/mol. The summed E-state index contributed by atoms with van der Waals surface area (Å²) >= 11 is 1.84. The SMILES string of the molecule is C=C1SC(C)N[C@@H]1C/C=C\C. The molecule has 1 nitrogen and oxygen atoms in total. The van der Waals surface area contributed by atoms with E-state index in [9.17, 15) is 0 Å². The molecule has 1 heterocycles. The van der Waals surface area contributed by atoms with E-state index in [-0.39, 0.29) is 0 Å². The zero-order valence-electron chi connectivity index (χ0n) is 7.13. The Bertz CT molecular complexity index is 174. The summed E-state index contributed by atoms with van der Waals surface area (Å²) < 4.78 is 0. The molecular weight excluding hydrogens is 154 g/mol.